The number of pyridine rings is 1. The van der Waals surface area contributed by atoms with Crippen LogP contribution in [0.15, 0.2) is 24.7 Å². The number of halogens is 1. The molecule has 0 spiro atoms. The Morgan fingerprint density at radius 1 is 1.29 bits per heavy atom. The summed E-state index contributed by atoms with van der Waals surface area (Å²) in [5.41, 5.74) is 0.776. The van der Waals surface area contributed by atoms with Gasteiger partial charge in [-0.05, 0) is 26.3 Å². The van der Waals surface area contributed by atoms with Crippen LogP contribution in [-0.4, -0.2) is 27.6 Å². The molecule has 112 valence electrons. The number of nitrogens with zero attached hydrogens (tertiary/aromatic N) is 3. The molecule has 2 heterocycles. The van der Waals surface area contributed by atoms with Crippen molar-refractivity contribution in [2.45, 2.75) is 33.3 Å². The van der Waals surface area contributed by atoms with E-state index in [9.17, 15) is 4.39 Å². The number of rotatable bonds is 6. The lowest BCUT2D eigenvalue weighted by molar-refractivity contribution is 0.241. The average Bonchev–Trinajstić information content (AvgIpc) is 2.46. The zero-order valence-electron chi connectivity index (χ0n) is 12.4. The highest BCUT2D eigenvalue weighted by Gasteiger charge is 2.11. The molecule has 21 heavy (non-hydrogen) atoms. The first-order valence-electron chi connectivity index (χ1n) is 6.98. The molecule has 0 unspecified atom stereocenters. The zero-order chi connectivity index (χ0) is 15.2. The standard InChI is InChI=1S/C15H19FN4O/c1-4-5-18-15-19-9-13(16)14(20-15)11-6-12(8-17-7-11)21-10(2)3/h6-10H,4-5H2,1-3H3,(H,18,19,20). The summed E-state index contributed by atoms with van der Waals surface area (Å²) in [6, 6.07) is 1.72. The van der Waals surface area contributed by atoms with Gasteiger partial charge in [-0.2, -0.15) is 0 Å². The summed E-state index contributed by atoms with van der Waals surface area (Å²) in [5, 5.41) is 3.04. The van der Waals surface area contributed by atoms with Crippen LogP contribution in [0.4, 0.5) is 10.3 Å². The van der Waals surface area contributed by atoms with E-state index in [1.807, 2.05) is 20.8 Å². The van der Waals surface area contributed by atoms with Crippen molar-refractivity contribution in [1.82, 2.24) is 15.0 Å². The van der Waals surface area contributed by atoms with Gasteiger partial charge in [0.15, 0.2) is 5.82 Å². The first-order valence-corrected chi connectivity index (χ1v) is 6.98. The van der Waals surface area contributed by atoms with E-state index in [2.05, 4.69) is 20.3 Å². The number of ether oxygens (including phenoxy) is 1. The Bertz CT molecular complexity index is 604. The van der Waals surface area contributed by atoms with E-state index >= 15 is 0 Å². The van der Waals surface area contributed by atoms with Crippen molar-refractivity contribution in [2.24, 2.45) is 0 Å². The first kappa shape index (κ1) is 15.2. The molecule has 0 aliphatic heterocycles. The molecular weight excluding hydrogens is 271 g/mol. The Morgan fingerprint density at radius 2 is 2.10 bits per heavy atom. The Balaban J connectivity index is 2.31. The molecule has 0 fully saturated rings. The minimum absolute atomic E-state index is 0.0269. The van der Waals surface area contributed by atoms with Crippen LogP contribution in [0.2, 0.25) is 0 Å². The molecule has 0 amide bonds. The maximum absolute atomic E-state index is 14.0. The Kier molecular flexibility index (Phi) is 5.03. The van der Waals surface area contributed by atoms with Crippen molar-refractivity contribution in [2.75, 3.05) is 11.9 Å². The predicted octanol–water partition coefficient (Wildman–Crippen LogP) is 3.29. The van der Waals surface area contributed by atoms with Gasteiger partial charge in [-0.15, -0.1) is 0 Å². The van der Waals surface area contributed by atoms with Crippen LogP contribution < -0.4 is 10.1 Å². The summed E-state index contributed by atoms with van der Waals surface area (Å²) in [6.07, 6.45) is 5.28. The fourth-order valence-corrected chi connectivity index (χ4v) is 1.78. The highest BCUT2D eigenvalue weighted by Crippen LogP contribution is 2.24. The Labute approximate surface area is 123 Å². The topological polar surface area (TPSA) is 59.9 Å². The largest absolute Gasteiger partial charge is 0.489 e. The second kappa shape index (κ2) is 6.97. The summed E-state index contributed by atoms with van der Waals surface area (Å²) < 4.78 is 19.5. The summed E-state index contributed by atoms with van der Waals surface area (Å²) >= 11 is 0. The van der Waals surface area contributed by atoms with Gasteiger partial charge in [0.2, 0.25) is 5.95 Å². The van der Waals surface area contributed by atoms with Crippen LogP contribution >= 0.6 is 0 Å². The lowest BCUT2D eigenvalue weighted by atomic mass is 10.2. The molecule has 1 N–H and O–H groups in total. The van der Waals surface area contributed by atoms with Gasteiger partial charge >= 0.3 is 0 Å². The molecule has 0 saturated carbocycles. The SMILES string of the molecule is CCCNc1ncc(F)c(-c2cncc(OC(C)C)c2)n1. The Morgan fingerprint density at radius 3 is 2.81 bits per heavy atom. The fourth-order valence-electron chi connectivity index (χ4n) is 1.78. The van der Waals surface area contributed by atoms with E-state index in [1.54, 1.807) is 18.5 Å². The molecule has 0 aliphatic carbocycles. The Hall–Kier alpha value is -2.24. The van der Waals surface area contributed by atoms with Gasteiger partial charge in [0.05, 0.1) is 18.5 Å². The fraction of sp³-hybridized carbons (Fsp3) is 0.400. The van der Waals surface area contributed by atoms with Crippen LogP contribution in [-0.2, 0) is 0 Å². The van der Waals surface area contributed by atoms with Crippen molar-refractivity contribution in [3.05, 3.63) is 30.5 Å². The van der Waals surface area contributed by atoms with Crippen LogP contribution in [0.1, 0.15) is 27.2 Å². The van der Waals surface area contributed by atoms with Gasteiger partial charge in [-0.3, -0.25) is 4.98 Å². The van der Waals surface area contributed by atoms with E-state index in [0.717, 1.165) is 19.2 Å². The van der Waals surface area contributed by atoms with Gasteiger partial charge in [0.1, 0.15) is 11.4 Å². The molecule has 0 aromatic carbocycles. The van der Waals surface area contributed by atoms with Crippen molar-refractivity contribution < 1.29 is 9.13 Å². The van der Waals surface area contributed by atoms with E-state index in [0.29, 0.717) is 17.3 Å². The maximum Gasteiger partial charge on any atom is 0.223 e. The predicted molar refractivity (Wildman–Crippen MR) is 79.8 cm³/mol. The van der Waals surface area contributed by atoms with Gasteiger partial charge < -0.3 is 10.1 Å². The maximum atomic E-state index is 14.0. The third-order valence-corrected chi connectivity index (χ3v) is 2.64. The normalized spacial score (nSPS) is 10.7. The number of hydrogen-bond donors (Lipinski definition) is 1. The summed E-state index contributed by atoms with van der Waals surface area (Å²) in [4.78, 5) is 12.2. The van der Waals surface area contributed by atoms with Gasteiger partial charge in [-0.25, -0.2) is 14.4 Å². The lowest BCUT2D eigenvalue weighted by Crippen LogP contribution is -2.07. The number of hydrogen-bond acceptors (Lipinski definition) is 5. The number of aromatic nitrogens is 3. The van der Waals surface area contributed by atoms with Crippen molar-refractivity contribution >= 4 is 5.95 Å². The second-order valence-electron chi connectivity index (χ2n) is 4.89. The second-order valence-corrected chi connectivity index (χ2v) is 4.89. The van der Waals surface area contributed by atoms with E-state index < -0.39 is 5.82 Å². The highest BCUT2D eigenvalue weighted by atomic mass is 19.1. The molecule has 2 rings (SSSR count). The van der Waals surface area contributed by atoms with E-state index in [1.165, 1.54) is 0 Å². The minimum atomic E-state index is -0.486. The summed E-state index contributed by atoms with van der Waals surface area (Å²) in [5.74, 6) is 0.507. The van der Waals surface area contributed by atoms with Crippen molar-refractivity contribution in [3.63, 3.8) is 0 Å². The van der Waals surface area contributed by atoms with Gasteiger partial charge in [0, 0.05) is 18.3 Å². The van der Waals surface area contributed by atoms with Gasteiger partial charge in [-0.1, -0.05) is 6.92 Å². The lowest BCUT2D eigenvalue weighted by Gasteiger charge is -2.11. The van der Waals surface area contributed by atoms with Crippen molar-refractivity contribution in [1.29, 1.82) is 0 Å². The molecule has 0 radical (unpaired) electrons. The summed E-state index contributed by atoms with van der Waals surface area (Å²) in [7, 11) is 0. The van der Waals surface area contributed by atoms with Gasteiger partial charge in [0.25, 0.3) is 0 Å². The summed E-state index contributed by atoms with van der Waals surface area (Å²) in [6.45, 7) is 6.61. The van der Waals surface area contributed by atoms with E-state index in [4.69, 9.17) is 4.74 Å². The minimum Gasteiger partial charge on any atom is -0.489 e. The van der Waals surface area contributed by atoms with Crippen molar-refractivity contribution in [3.8, 4) is 17.0 Å². The van der Waals surface area contributed by atoms with Crippen LogP contribution in [0, 0.1) is 5.82 Å². The third-order valence-electron chi connectivity index (χ3n) is 2.64. The molecule has 2 aromatic rings. The smallest absolute Gasteiger partial charge is 0.223 e. The molecule has 6 heteroatoms. The molecule has 0 saturated heterocycles. The molecule has 5 nitrogen and oxygen atoms in total. The first-order chi connectivity index (χ1) is 10.1. The van der Waals surface area contributed by atoms with Crippen LogP contribution in [0.25, 0.3) is 11.3 Å². The molecule has 0 bridgehead atoms. The highest BCUT2D eigenvalue weighted by molar-refractivity contribution is 5.61. The van der Waals surface area contributed by atoms with E-state index in [-0.39, 0.29) is 11.8 Å². The molecule has 0 atom stereocenters. The zero-order valence-corrected chi connectivity index (χ0v) is 12.4. The third kappa shape index (κ3) is 4.11. The monoisotopic (exact) mass is 290 g/mol. The molecule has 2 aromatic heterocycles. The van der Waals surface area contributed by atoms with Crippen LogP contribution in [0.5, 0.6) is 5.75 Å². The number of nitrogens with one attached hydrogen (secondary N) is 1. The molecule has 0 aliphatic rings. The van der Waals surface area contributed by atoms with Crippen LogP contribution in [0.3, 0.4) is 0 Å². The quantitative estimate of drug-likeness (QED) is 0.884. The average molecular weight is 290 g/mol. The number of anilines is 1. The molecular formula is C15H19FN4O.